The fourth-order valence-corrected chi connectivity index (χ4v) is 6.18. The predicted molar refractivity (Wildman–Crippen MR) is 131 cm³/mol. The highest BCUT2D eigenvalue weighted by Crippen LogP contribution is 2.48. The monoisotopic (exact) mass is 456 g/mol. The zero-order valence-corrected chi connectivity index (χ0v) is 19.5. The van der Waals surface area contributed by atoms with Crippen LogP contribution in [0.4, 0.5) is 0 Å². The minimum absolute atomic E-state index is 0.0332. The number of benzene rings is 2. The van der Waals surface area contributed by atoms with Gasteiger partial charge in [-0.2, -0.15) is 10.4 Å². The molecule has 3 heterocycles. The first kappa shape index (κ1) is 21.3. The van der Waals surface area contributed by atoms with E-state index in [0.29, 0.717) is 5.56 Å². The van der Waals surface area contributed by atoms with Crippen molar-refractivity contribution in [3.63, 3.8) is 0 Å². The molecular formula is C25H24N6OS. The van der Waals surface area contributed by atoms with Crippen LogP contribution in [-0.2, 0) is 11.8 Å². The predicted octanol–water partition coefficient (Wildman–Crippen LogP) is 3.83. The van der Waals surface area contributed by atoms with Gasteiger partial charge in [-0.1, -0.05) is 18.2 Å². The van der Waals surface area contributed by atoms with Crippen molar-refractivity contribution in [1.82, 2.24) is 20.0 Å². The smallest absolute Gasteiger partial charge is 0.238 e. The number of nitrogens with zero attached hydrogens (tertiary/aromatic N) is 4. The van der Waals surface area contributed by atoms with E-state index in [1.165, 1.54) is 4.90 Å². The lowest BCUT2D eigenvalue weighted by Gasteiger charge is -2.48. The SMILES string of the molecule is CN1C(=N)N[C@](C)(C2CC(c3cccc(C#N)c3)=CS2)[C@H](c2ccc3nn(C)cc3c2)C1=O. The van der Waals surface area contributed by atoms with E-state index in [-0.39, 0.29) is 17.1 Å². The number of nitrogens with one attached hydrogen (secondary N) is 2. The minimum Gasteiger partial charge on any atom is -0.349 e. The highest BCUT2D eigenvalue weighted by Gasteiger charge is 2.52. The molecule has 3 aromatic rings. The van der Waals surface area contributed by atoms with Gasteiger partial charge in [0.1, 0.15) is 0 Å². The molecule has 0 aliphatic carbocycles. The normalized spacial score (nSPS) is 25.2. The Kier molecular flexibility index (Phi) is 5.02. The van der Waals surface area contributed by atoms with E-state index in [2.05, 4.69) is 21.9 Å². The van der Waals surface area contributed by atoms with Gasteiger partial charge in [0.2, 0.25) is 5.91 Å². The number of hydrogen-bond acceptors (Lipinski definition) is 5. The molecule has 2 aliphatic heterocycles. The fraction of sp³-hybridized carbons (Fsp3) is 0.280. The maximum absolute atomic E-state index is 13.5. The summed E-state index contributed by atoms with van der Waals surface area (Å²) >= 11 is 1.68. The highest BCUT2D eigenvalue weighted by molar-refractivity contribution is 8.03. The summed E-state index contributed by atoms with van der Waals surface area (Å²) in [6, 6.07) is 15.8. The molecule has 33 heavy (non-hydrogen) atoms. The van der Waals surface area contributed by atoms with E-state index in [1.807, 2.05) is 56.6 Å². The molecule has 2 aromatic carbocycles. The highest BCUT2D eigenvalue weighted by atomic mass is 32.2. The lowest BCUT2D eigenvalue weighted by Crippen LogP contribution is -2.67. The molecule has 5 rings (SSSR count). The fourth-order valence-electron chi connectivity index (χ4n) is 4.86. The quantitative estimate of drug-likeness (QED) is 0.624. The van der Waals surface area contributed by atoms with Gasteiger partial charge in [0.15, 0.2) is 5.96 Å². The Morgan fingerprint density at radius 1 is 1.27 bits per heavy atom. The van der Waals surface area contributed by atoms with Crippen LogP contribution in [0.15, 0.2) is 54.1 Å². The maximum Gasteiger partial charge on any atom is 0.238 e. The molecule has 2 N–H and O–H groups in total. The number of thioether (sulfide) groups is 1. The zero-order chi connectivity index (χ0) is 23.3. The lowest BCUT2D eigenvalue weighted by atomic mass is 9.74. The van der Waals surface area contributed by atoms with Gasteiger partial charge in [0.05, 0.1) is 28.6 Å². The lowest BCUT2D eigenvalue weighted by molar-refractivity contribution is -0.131. The van der Waals surface area contributed by atoms with E-state index >= 15 is 0 Å². The van der Waals surface area contributed by atoms with Gasteiger partial charge >= 0.3 is 0 Å². The number of rotatable bonds is 3. The van der Waals surface area contributed by atoms with Gasteiger partial charge in [-0.3, -0.25) is 19.8 Å². The third-order valence-corrected chi connectivity index (χ3v) is 8.09. The van der Waals surface area contributed by atoms with E-state index < -0.39 is 11.5 Å². The summed E-state index contributed by atoms with van der Waals surface area (Å²) in [7, 11) is 3.53. The first-order valence-electron chi connectivity index (χ1n) is 10.7. The van der Waals surface area contributed by atoms with Crippen LogP contribution in [0.1, 0.15) is 36.0 Å². The second-order valence-corrected chi connectivity index (χ2v) is 9.95. The van der Waals surface area contributed by atoms with E-state index in [0.717, 1.165) is 34.0 Å². The molecule has 0 saturated carbocycles. The van der Waals surface area contributed by atoms with E-state index in [1.54, 1.807) is 29.6 Å². The average molecular weight is 457 g/mol. The number of allylic oxidation sites excluding steroid dienone is 1. The summed E-state index contributed by atoms with van der Waals surface area (Å²) in [6.45, 7) is 2.05. The second kappa shape index (κ2) is 7.78. The van der Waals surface area contributed by atoms with Crippen molar-refractivity contribution in [2.45, 2.75) is 30.1 Å². The Morgan fingerprint density at radius 2 is 2.09 bits per heavy atom. The summed E-state index contributed by atoms with van der Waals surface area (Å²) < 4.78 is 1.77. The molecule has 7 nitrogen and oxygen atoms in total. The number of nitriles is 1. The second-order valence-electron chi connectivity index (χ2n) is 8.87. The van der Waals surface area contributed by atoms with Crippen LogP contribution >= 0.6 is 11.8 Å². The van der Waals surface area contributed by atoms with Crippen LogP contribution in [0, 0.1) is 16.7 Å². The number of fused-ring (bicyclic) bond motifs is 1. The molecule has 0 spiro atoms. The number of carbonyl (C=O) groups is 1. The van der Waals surface area contributed by atoms with Crippen LogP contribution in [0.2, 0.25) is 0 Å². The molecule has 2 aliphatic rings. The molecule has 1 fully saturated rings. The van der Waals surface area contributed by atoms with Gasteiger partial charge in [-0.05, 0) is 59.7 Å². The van der Waals surface area contributed by atoms with Crippen molar-refractivity contribution < 1.29 is 4.79 Å². The minimum atomic E-state index is -0.674. The third-order valence-electron chi connectivity index (χ3n) is 6.69. The summed E-state index contributed by atoms with van der Waals surface area (Å²) in [6.07, 6.45) is 2.69. The largest absolute Gasteiger partial charge is 0.349 e. The zero-order valence-electron chi connectivity index (χ0n) is 18.7. The Bertz CT molecular complexity index is 1370. The van der Waals surface area contributed by atoms with Crippen molar-refractivity contribution in [3.8, 4) is 6.07 Å². The Morgan fingerprint density at radius 3 is 2.88 bits per heavy atom. The summed E-state index contributed by atoms with van der Waals surface area (Å²) in [4.78, 5) is 14.9. The van der Waals surface area contributed by atoms with Crippen LogP contribution in [-0.4, -0.2) is 44.4 Å². The number of amides is 1. The summed E-state index contributed by atoms with van der Waals surface area (Å²) in [5.41, 5.74) is 3.92. The summed E-state index contributed by atoms with van der Waals surface area (Å²) in [5, 5.41) is 28.7. The third kappa shape index (κ3) is 3.49. The molecule has 166 valence electrons. The van der Waals surface area contributed by atoms with Crippen molar-refractivity contribution in [2.75, 3.05) is 7.05 Å². The van der Waals surface area contributed by atoms with Crippen molar-refractivity contribution in [2.24, 2.45) is 7.05 Å². The van der Waals surface area contributed by atoms with Gasteiger partial charge in [-0.15, -0.1) is 11.8 Å². The average Bonchev–Trinajstić information content (AvgIpc) is 3.44. The topological polar surface area (TPSA) is 97.8 Å². The number of likely N-dealkylation sites (N-methyl/N-ethyl adjacent to an activating group) is 1. The number of carbonyl (C=O) groups excluding carboxylic acids is 1. The van der Waals surface area contributed by atoms with Crippen LogP contribution in [0.5, 0.6) is 0 Å². The number of hydrogen-bond donors (Lipinski definition) is 2. The summed E-state index contributed by atoms with van der Waals surface area (Å²) in [5.74, 6) is -0.441. The molecule has 3 atom stereocenters. The molecule has 0 radical (unpaired) electrons. The van der Waals surface area contributed by atoms with E-state index in [9.17, 15) is 10.1 Å². The number of aromatic nitrogens is 2. The molecule has 8 heteroatoms. The molecule has 1 unspecified atom stereocenters. The molecule has 1 amide bonds. The standard InChI is InChI=1S/C25H24N6OS/c1-25(21-11-19(14-33-21)16-6-4-5-15(9-16)12-26)22(23(32)31(3)24(27)28-25)17-7-8-20-18(10-17)13-30(2)29-20/h4-10,13-14,21-22H,11H2,1-3H3,(H2,27,28)/t21?,22-,25-/m1/s1. The van der Waals surface area contributed by atoms with E-state index in [4.69, 9.17) is 5.41 Å². The van der Waals surface area contributed by atoms with Gasteiger partial charge in [0.25, 0.3) is 0 Å². The van der Waals surface area contributed by atoms with Gasteiger partial charge in [0, 0.05) is 30.9 Å². The van der Waals surface area contributed by atoms with Crippen LogP contribution < -0.4 is 5.32 Å². The van der Waals surface area contributed by atoms with Crippen molar-refractivity contribution in [1.29, 1.82) is 10.7 Å². The van der Waals surface area contributed by atoms with Crippen LogP contribution in [0.25, 0.3) is 16.5 Å². The van der Waals surface area contributed by atoms with Gasteiger partial charge in [-0.25, -0.2) is 0 Å². The first-order valence-corrected chi connectivity index (χ1v) is 11.7. The molecule has 0 bridgehead atoms. The van der Waals surface area contributed by atoms with Crippen molar-refractivity contribution >= 4 is 40.1 Å². The van der Waals surface area contributed by atoms with Crippen LogP contribution in [0.3, 0.4) is 0 Å². The molecule has 1 saturated heterocycles. The van der Waals surface area contributed by atoms with Crippen molar-refractivity contribution in [3.05, 3.63) is 70.8 Å². The Balaban J connectivity index is 1.52. The first-order chi connectivity index (χ1) is 15.8. The maximum atomic E-state index is 13.5. The number of aryl methyl sites for hydroxylation is 1. The van der Waals surface area contributed by atoms with Gasteiger partial charge < -0.3 is 5.32 Å². The Hall–Kier alpha value is -3.57. The number of guanidine groups is 1. The Labute approximate surface area is 196 Å². The molecule has 1 aromatic heterocycles. The molecular weight excluding hydrogens is 432 g/mol.